The number of nitrogens with zero attached hydrogens (tertiary/aromatic N) is 2. The number of piperidine rings is 1. The summed E-state index contributed by atoms with van der Waals surface area (Å²) in [6.07, 6.45) is 1.16. The molecule has 25 heavy (non-hydrogen) atoms. The number of anilines is 1. The van der Waals surface area contributed by atoms with E-state index in [1.807, 2.05) is 6.07 Å². The van der Waals surface area contributed by atoms with Crippen LogP contribution in [0.25, 0.3) is 0 Å². The van der Waals surface area contributed by atoms with Gasteiger partial charge in [0, 0.05) is 24.8 Å². The van der Waals surface area contributed by atoms with Gasteiger partial charge in [0.2, 0.25) is 10.0 Å². The number of sulfonamides is 1. The minimum absolute atomic E-state index is 0.150. The van der Waals surface area contributed by atoms with E-state index in [9.17, 15) is 13.2 Å². The quantitative estimate of drug-likeness (QED) is 0.859. The topological polar surface area (TPSA) is 102 Å². The monoisotopic (exact) mass is 364 g/mol. The van der Waals surface area contributed by atoms with Crippen molar-refractivity contribution in [3.63, 3.8) is 0 Å². The van der Waals surface area contributed by atoms with Crippen molar-refractivity contribution in [3.05, 3.63) is 29.8 Å². The first kappa shape index (κ1) is 19.2. The van der Waals surface area contributed by atoms with Crippen LogP contribution in [0.15, 0.2) is 24.3 Å². The molecule has 136 valence electrons. The highest BCUT2D eigenvalue weighted by Gasteiger charge is 2.33. The summed E-state index contributed by atoms with van der Waals surface area (Å²) in [5.41, 5.74) is 1.16. The predicted octanol–water partition coefficient (Wildman–Crippen LogP) is 2.27. The lowest BCUT2D eigenvalue weighted by Gasteiger charge is -2.33. The van der Waals surface area contributed by atoms with Crippen LogP contribution in [-0.4, -0.2) is 43.2 Å². The maximum absolute atomic E-state index is 12.3. The zero-order valence-electron chi connectivity index (χ0n) is 14.7. The van der Waals surface area contributed by atoms with E-state index in [2.05, 4.69) is 10.0 Å². The molecule has 8 heteroatoms. The van der Waals surface area contributed by atoms with E-state index in [0.29, 0.717) is 37.2 Å². The molecule has 0 bridgehead atoms. The molecule has 2 N–H and O–H groups in total. The Morgan fingerprint density at radius 3 is 2.24 bits per heavy atom. The average molecular weight is 364 g/mol. The van der Waals surface area contributed by atoms with Crippen LogP contribution in [0.2, 0.25) is 0 Å². The van der Waals surface area contributed by atoms with Gasteiger partial charge in [-0.3, -0.25) is 0 Å². The SMILES string of the molecule is CC(C)(C)S(=O)(=O)NC1CCN(C(=O)Nc2ccc(C#N)cc2)CC1. The molecule has 1 aliphatic heterocycles. The summed E-state index contributed by atoms with van der Waals surface area (Å²) in [6, 6.07) is 8.30. The van der Waals surface area contributed by atoms with Crippen LogP contribution in [0.1, 0.15) is 39.2 Å². The van der Waals surface area contributed by atoms with Crippen molar-refractivity contribution in [1.82, 2.24) is 9.62 Å². The Labute approximate surface area is 149 Å². The molecule has 0 spiro atoms. The van der Waals surface area contributed by atoms with E-state index < -0.39 is 14.8 Å². The third-order valence-electron chi connectivity index (χ3n) is 4.18. The number of nitrogens with one attached hydrogen (secondary N) is 2. The summed E-state index contributed by atoms with van der Waals surface area (Å²) in [5.74, 6) is 0. The van der Waals surface area contributed by atoms with Crippen LogP contribution in [-0.2, 0) is 10.0 Å². The van der Waals surface area contributed by atoms with E-state index in [0.717, 1.165) is 0 Å². The molecule has 0 saturated carbocycles. The summed E-state index contributed by atoms with van der Waals surface area (Å²) in [4.78, 5) is 14.0. The van der Waals surface area contributed by atoms with Gasteiger partial charge in [0.1, 0.15) is 0 Å². The van der Waals surface area contributed by atoms with Crippen LogP contribution < -0.4 is 10.0 Å². The number of urea groups is 1. The van der Waals surface area contributed by atoms with Crippen molar-refractivity contribution in [1.29, 1.82) is 5.26 Å². The first-order valence-electron chi connectivity index (χ1n) is 8.20. The van der Waals surface area contributed by atoms with Crippen LogP contribution >= 0.6 is 0 Å². The molecule has 1 aliphatic rings. The van der Waals surface area contributed by atoms with Crippen molar-refractivity contribution in [2.24, 2.45) is 0 Å². The molecule has 2 amide bonds. The second-order valence-electron chi connectivity index (χ2n) is 7.11. The molecule has 1 fully saturated rings. The molecular formula is C17H24N4O3S. The molecule has 0 unspecified atom stereocenters. The maximum Gasteiger partial charge on any atom is 0.321 e. The van der Waals surface area contributed by atoms with E-state index in [1.54, 1.807) is 49.9 Å². The maximum atomic E-state index is 12.3. The fourth-order valence-corrected chi connectivity index (χ4v) is 3.46. The lowest BCUT2D eigenvalue weighted by molar-refractivity contribution is 0.193. The number of rotatable bonds is 3. The Morgan fingerprint density at radius 1 is 1.20 bits per heavy atom. The van der Waals surface area contributed by atoms with E-state index in [-0.39, 0.29) is 12.1 Å². The molecule has 0 aliphatic carbocycles. The molecule has 1 heterocycles. The van der Waals surface area contributed by atoms with Crippen LogP contribution in [0.4, 0.5) is 10.5 Å². The second-order valence-corrected chi connectivity index (χ2v) is 9.58. The molecule has 0 aromatic heterocycles. The molecule has 1 aromatic carbocycles. The highest BCUT2D eigenvalue weighted by atomic mass is 32.2. The van der Waals surface area contributed by atoms with Gasteiger partial charge in [-0.15, -0.1) is 0 Å². The summed E-state index contributed by atoms with van der Waals surface area (Å²) in [5, 5.41) is 11.6. The second kappa shape index (κ2) is 7.42. The highest BCUT2D eigenvalue weighted by molar-refractivity contribution is 7.90. The zero-order chi connectivity index (χ0) is 18.7. The van der Waals surface area contributed by atoms with Crippen molar-refractivity contribution >= 4 is 21.7 Å². The smallest absolute Gasteiger partial charge is 0.321 e. The Balaban J connectivity index is 1.87. The Kier molecular flexibility index (Phi) is 5.70. The minimum Gasteiger partial charge on any atom is -0.324 e. The highest BCUT2D eigenvalue weighted by Crippen LogP contribution is 2.18. The van der Waals surface area contributed by atoms with Crippen LogP contribution in [0.3, 0.4) is 0 Å². The standard InChI is InChI=1S/C17H24N4O3S/c1-17(2,3)25(23,24)20-15-8-10-21(11-9-15)16(22)19-14-6-4-13(12-18)5-7-14/h4-7,15,20H,8-11H2,1-3H3,(H,19,22). The Morgan fingerprint density at radius 2 is 1.76 bits per heavy atom. The largest absolute Gasteiger partial charge is 0.324 e. The molecule has 1 aromatic rings. The van der Waals surface area contributed by atoms with Gasteiger partial charge in [-0.05, 0) is 57.9 Å². The molecule has 2 rings (SSSR count). The van der Waals surface area contributed by atoms with E-state index >= 15 is 0 Å². The zero-order valence-corrected chi connectivity index (χ0v) is 15.6. The molecule has 0 radical (unpaired) electrons. The van der Waals surface area contributed by atoms with Gasteiger partial charge in [-0.2, -0.15) is 5.26 Å². The summed E-state index contributed by atoms with van der Waals surface area (Å²) in [7, 11) is -3.39. The predicted molar refractivity (Wildman–Crippen MR) is 96.6 cm³/mol. The van der Waals surface area contributed by atoms with Gasteiger partial charge >= 0.3 is 6.03 Å². The van der Waals surface area contributed by atoms with Crippen molar-refractivity contribution in [3.8, 4) is 6.07 Å². The number of benzene rings is 1. The van der Waals surface area contributed by atoms with Crippen LogP contribution in [0, 0.1) is 11.3 Å². The van der Waals surface area contributed by atoms with Crippen molar-refractivity contribution < 1.29 is 13.2 Å². The molecule has 7 nitrogen and oxygen atoms in total. The van der Waals surface area contributed by atoms with Gasteiger partial charge in [-0.1, -0.05) is 0 Å². The fraction of sp³-hybridized carbons (Fsp3) is 0.529. The fourth-order valence-electron chi connectivity index (χ4n) is 2.43. The third-order valence-corrected chi connectivity index (χ3v) is 6.43. The minimum atomic E-state index is -3.39. The lowest BCUT2D eigenvalue weighted by Crippen LogP contribution is -2.50. The number of nitriles is 1. The van der Waals surface area contributed by atoms with Crippen molar-refractivity contribution in [2.45, 2.75) is 44.4 Å². The molecule has 1 saturated heterocycles. The van der Waals surface area contributed by atoms with Gasteiger partial charge in [0.05, 0.1) is 16.4 Å². The number of likely N-dealkylation sites (tertiary alicyclic amines) is 1. The lowest BCUT2D eigenvalue weighted by atomic mass is 10.1. The van der Waals surface area contributed by atoms with Gasteiger partial charge in [0.25, 0.3) is 0 Å². The summed E-state index contributed by atoms with van der Waals surface area (Å²) >= 11 is 0. The summed E-state index contributed by atoms with van der Waals surface area (Å²) < 4.78 is 26.3. The normalized spacial score (nSPS) is 16.3. The first-order valence-corrected chi connectivity index (χ1v) is 9.69. The Bertz CT molecular complexity index is 753. The van der Waals surface area contributed by atoms with Gasteiger partial charge in [-0.25, -0.2) is 17.9 Å². The average Bonchev–Trinajstić information content (AvgIpc) is 2.55. The number of carbonyl (C=O) groups excluding carboxylic acids is 1. The molecule has 0 atom stereocenters. The van der Waals surface area contributed by atoms with E-state index in [1.165, 1.54) is 0 Å². The summed E-state index contributed by atoms with van der Waals surface area (Å²) in [6.45, 7) is 5.96. The number of carbonyl (C=O) groups is 1. The van der Waals surface area contributed by atoms with E-state index in [4.69, 9.17) is 5.26 Å². The number of amides is 2. The number of hydrogen-bond acceptors (Lipinski definition) is 4. The van der Waals surface area contributed by atoms with Gasteiger partial charge < -0.3 is 10.2 Å². The number of hydrogen-bond donors (Lipinski definition) is 2. The molecular weight excluding hydrogens is 340 g/mol. The van der Waals surface area contributed by atoms with Crippen LogP contribution in [0.5, 0.6) is 0 Å². The van der Waals surface area contributed by atoms with Gasteiger partial charge in [0.15, 0.2) is 0 Å². The Hall–Kier alpha value is -2.11. The third kappa shape index (κ3) is 4.94. The van der Waals surface area contributed by atoms with Crippen molar-refractivity contribution in [2.75, 3.05) is 18.4 Å². The first-order chi connectivity index (χ1) is 11.6.